The number of nitrogens with one attached hydrogen (secondary N) is 1. The van der Waals surface area contributed by atoms with Crippen molar-refractivity contribution in [1.29, 1.82) is 0 Å². The number of hydrogen-bond donors (Lipinski definition) is 1. The van der Waals surface area contributed by atoms with E-state index < -0.39 is 27.0 Å². The zero-order valence-electron chi connectivity index (χ0n) is 15.5. The van der Waals surface area contributed by atoms with E-state index in [0.29, 0.717) is 0 Å². The molecule has 3 rings (SSSR count). The highest BCUT2D eigenvalue weighted by Gasteiger charge is 2.19. The molecule has 0 aliphatic heterocycles. The Morgan fingerprint density at radius 1 is 1.07 bits per heavy atom. The molecule has 0 aliphatic rings. The van der Waals surface area contributed by atoms with Gasteiger partial charge in [0.2, 0.25) is 0 Å². The van der Waals surface area contributed by atoms with Crippen LogP contribution >= 0.6 is 0 Å². The normalized spacial score (nSPS) is 11.5. The lowest BCUT2D eigenvalue weighted by Crippen LogP contribution is -2.37. The maximum atomic E-state index is 12.6. The van der Waals surface area contributed by atoms with E-state index in [1.165, 1.54) is 49.9 Å². The van der Waals surface area contributed by atoms with Crippen molar-refractivity contribution in [3.8, 4) is 0 Å². The van der Waals surface area contributed by atoms with Crippen LogP contribution < -0.4 is 16.6 Å². The van der Waals surface area contributed by atoms with Gasteiger partial charge in [-0.2, -0.15) is 0 Å². The molecule has 0 bridgehead atoms. The molecule has 9 nitrogen and oxygen atoms in total. The molecule has 1 aromatic carbocycles. The van der Waals surface area contributed by atoms with Crippen LogP contribution in [-0.4, -0.2) is 34.2 Å². The van der Waals surface area contributed by atoms with Gasteiger partial charge in [0, 0.05) is 14.1 Å². The number of pyridine rings is 1. The fraction of sp³-hybridized carbons (Fsp3) is 0.222. The number of aryl methyl sites for hydroxylation is 1. The summed E-state index contributed by atoms with van der Waals surface area (Å²) in [7, 11) is -0.735. The molecule has 146 valence electrons. The zero-order chi connectivity index (χ0) is 20.6. The Bertz CT molecular complexity index is 1320. The fourth-order valence-electron chi connectivity index (χ4n) is 2.76. The molecule has 0 saturated heterocycles. The van der Waals surface area contributed by atoms with Gasteiger partial charge in [0.1, 0.15) is 11.3 Å². The predicted octanol–water partition coefficient (Wildman–Crippen LogP) is 0.678. The van der Waals surface area contributed by atoms with E-state index in [0.717, 1.165) is 4.57 Å². The Kier molecular flexibility index (Phi) is 4.90. The Hall–Kier alpha value is -3.27. The third kappa shape index (κ3) is 3.22. The lowest BCUT2D eigenvalue weighted by molar-refractivity contribution is 0.102. The summed E-state index contributed by atoms with van der Waals surface area (Å²) in [6.45, 7) is 1.51. The summed E-state index contributed by atoms with van der Waals surface area (Å²) in [5.74, 6) is -0.770. The average Bonchev–Trinajstić information content (AvgIpc) is 2.70. The number of fused-ring (bicyclic) bond motifs is 1. The molecule has 0 spiro atoms. The lowest BCUT2D eigenvalue weighted by atomic mass is 10.2. The van der Waals surface area contributed by atoms with Crippen LogP contribution in [0.4, 0.5) is 5.69 Å². The molecule has 0 saturated carbocycles. The van der Waals surface area contributed by atoms with Gasteiger partial charge in [0.05, 0.1) is 21.7 Å². The molecule has 2 aromatic heterocycles. The van der Waals surface area contributed by atoms with Gasteiger partial charge in [-0.1, -0.05) is 19.1 Å². The van der Waals surface area contributed by atoms with E-state index in [2.05, 4.69) is 10.3 Å². The topological polar surface area (TPSA) is 120 Å². The molecule has 28 heavy (non-hydrogen) atoms. The first-order chi connectivity index (χ1) is 13.2. The highest BCUT2D eigenvalue weighted by molar-refractivity contribution is 7.91. The smallest absolute Gasteiger partial charge is 0.319 e. The van der Waals surface area contributed by atoms with Crippen LogP contribution in [0.15, 0.2) is 50.9 Å². The monoisotopic (exact) mass is 402 g/mol. The van der Waals surface area contributed by atoms with Gasteiger partial charge in [-0.15, -0.1) is 0 Å². The summed E-state index contributed by atoms with van der Waals surface area (Å²) in [4.78, 5) is 41.1. The van der Waals surface area contributed by atoms with E-state index in [1.54, 1.807) is 12.1 Å². The van der Waals surface area contributed by atoms with Crippen LogP contribution in [0, 0.1) is 0 Å². The van der Waals surface area contributed by atoms with Crippen LogP contribution in [0.2, 0.25) is 0 Å². The largest absolute Gasteiger partial charge is 0.332 e. The fourth-order valence-corrected chi connectivity index (χ4v) is 3.81. The number of para-hydroxylation sites is 1. The first-order valence-corrected chi connectivity index (χ1v) is 10.0. The standard InChI is InChI=1S/C18H18N4O5S/c1-4-28(26,27)14-8-6-5-7-12(14)20-16(23)13-10-9-11-15(19-13)21(2)18(25)22(3)17(11)24/h5-10H,4H2,1-3H3,(H,20,23). The summed E-state index contributed by atoms with van der Waals surface area (Å²) in [5, 5.41) is 2.73. The second-order valence-corrected chi connectivity index (χ2v) is 8.37. The average molecular weight is 402 g/mol. The lowest BCUT2D eigenvalue weighted by Gasteiger charge is -2.11. The van der Waals surface area contributed by atoms with Crippen molar-refractivity contribution in [1.82, 2.24) is 14.1 Å². The molecule has 0 radical (unpaired) electrons. The highest BCUT2D eigenvalue weighted by atomic mass is 32.2. The molecular weight excluding hydrogens is 384 g/mol. The quantitative estimate of drug-likeness (QED) is 0.685. The minimum Gasteiger partial charge on any atom is -0.319 e. The summed E-state index contributed by atoms with van der Waals surface area (Å²) in [6.07, 6.45) is 0. The maximum absolute atomic E-state index is 12.6. The number of carbonyl (C=O) groups is 1. The predicted molar refractivity (Wildman–Crippen MR) is 104 cm³/mol. The first kappa shape index (κ1) is 19.5. The molecule has 2 heterocycles. The van der Waals surface area contributed by atoms with Crippen molar-refractivity contribution < 1.29 is 13.2 Å². The van der Waals surface area contributed by atoms with Crippen LogP contribution in [0.25, 0.3) is 11.0 Å². The Morgan fingerprint density at radius 3 is 2.43 bits per heavy atom. The first-order valence-electron chi connectivity index (χ1n) is 8.37. The number of anilines is 1. The number of rotatable bonds is 4. The number of sulfone groups is 1. The van der Waals surface area contributed by atoms with Crippen molar-refractivity contribution in [3.63, 3.8) is 0 Å². The summed E-state index contributed by atoms with van der Waals surface area (Å²) < 4.78 is 26.6. The molecule has 1 N–H and O–H groups in total. The van der Waals surface area contributed by atoms with Crippen molar-refractivity contribution in [2.45, 2.75) is 11.8 Å². The van der Waals surface area contributed by atoms with Crippen molar-refractivity contribution in [2.24, 2.45) is 14.1 Å². The Balaban J connectivity index is 2.07. The molecule has 10 heteroatoms. The second-order valence-electron chi connectivity index (χ2n) is 6.13. The number of amides is 1. The van der Waals surface area contributed by atoms with Gasteiger partial charge in [-0.25, -0.2) is 18.2 Å². The Morgan fingerprint density at radius 2 is 1.75 bits per heavy atom. The van der Waals surface area contributed by atoms with E-state index in [9.17, 15) is 22.8 Å². The van der Waals surface area contributed by atoms with Gasteiger partial charge in [-0.05, 0) is 24.3 Å². The van der Waals surface area contributed by atoms with E-state index in [4.69, 9.17) is 0 Å². The van der Waals surface area contributed by atoms with Gasteiger partial charge < -0.3 is 5.32 Å². The van der Waals surface area contributed by atoms with Gasteiger partial charge in [0.25, 0.3) is 11.5 Å². The highest BCUT2D eigenvalue weighted by Crippen LogP contribution is 2.22. The molecular formula is C18H18N4O5S. The van der Waals surface area contributed by atoms with Crippen molar-refractivity contribution >= 4 is 32.5 Å². The molecule has 0 atom stereocenters. The second kappa shape index (κ2) is 7.04. The SMILES string of the molecule is CCS(=O)(=O)c1ccccc1NC(=O)c1ccc2c(=O)n(C)c(=O)n(C)c2n1. The zero-order valence-corrected chi connectivity index (χ0v) is 16.3. The van der Waals surface area contributed by atoms with E-state index in [-0.39, 0.29) is 33.1 Å². The third-order valence-electron chi connectivity index (χ3n) is 4.38. The van der Waals surface area contributed by atoms with Crippen LogP contribution in [0.1, 0.15) is 17.4 Å². The van der Waals surface area contributed by atoms with Gasteiger partial charge in [0.15, 0.2) is 9.84 Å². The number of benzene rings is 1. The summed E-state index contributed by atoms with van der Waals surface area (Å²) in [6, 6.07) is 8.82. The van der Waals surface area contributed by atoms with E-state index >= 15 is 0 Å². The van der Waals surface area contributed by atoms with Crippen LogP contribution in [0.3, 0.4) is 0 Å². The van der Waals surface area contributed by atoms with Crippen molar-refractivity contribution in [2.75, 3.05) is 11.1 Å². The number of carbonyl (C=O) groups excluding carboxylic acids is 1. The van der Waals surface area contributed by atoms with Gasteiger partial charge in [-0.3, -0.25) is 18.7 Å². The van der Waals surface area contributed by atoms with E-state index in [1.807, 2.05) is 0 Å². The number of nitrogens with zero attached hydrogens (tertiary/aromatic N) is 3. The Labute approximate surface area is 160 Å². The summed E-state index contributed by atoms with van der Waals surface area (Å²) >= 11 is 0. The third-order valence-corrected chi connectivity index (χ3v) is 6.17. The number of aromatic nitrogens is 3. The van der Waals surface area contributed by atoms with Crippen molar-refractivity contribution in [3.05, 3.63) is 62.9 Å². The molecule has 0 fully saturated rings. The van der Waals surface area contributed by atoms with Crippen LogP contribution in [-0.2, 0) is 23.9 Å². The minimum atomic E-state index is -3.54. The molecule has 3 aromatic rings. The summed E-state index contributed by atoms with van der Waals surface area (Å²) in [5.41, 5.74) is -0.942. The molecule has 1 amide bonds. The molecule has 0 unspecified atom stereocenters. The van der Waals surface area contributed by atoms with Crippen LogP contribution in [0.5, 0.6) is 0 Å². The maximum Gasteiger partial charge on any atom is 0.332 e. The van der Waals surface area contributed by atoms with Gasteiger partial charge >= 0.3 is 5.69 Å². The number of hydrogen-bond acceptors (Lipinski definition) is 6. The minimum absolute atomic E-state index is 0.00732. The molecule has 0 aliphatic carbocycles.